The minimum atomic E-state index is -1.05. The van der Waals surface area contributed by atoms with E-state index in [2.05, 4.69) is 5.32 Å². The van der Waals surface area contributed by atoms with Crippen LogP contribution >= 0.6 is 11.8 Å². The van der Waals surface area contributed by atoms with E-state index in [1.807, 2.05) is 0 Å². The van der Waals surface area contributed by atoms with E-state index in [1.165, 1.54) is 18.2 Å². The number of furan rings is 1. The molecule has 4 rings (SSSR count). The lowest BCUT2D eigenvalue weighted by Crippen LogP contribution is -2.36. The fourth-order valence-electron chi connectivity index (χ4n) is 3.02. The Labute approximate surface area is 186 Å². The van der Waals surface area contributed by atoms with Gasteiger partial charge in [0.05, 0.1) is 10.5 Å². The maximum absolute atomic E-state index is 12.6. The number of para-hydroxylation sites is 1. The minimum Gasteiger partial charge on any atom is -0.478 e. The van der Waals surface area contributed by atoms with Gasteiger partial charge in [-0.25, -0.2) is 4.79 Å². The van der Waals surface area contributed by atoms with Crippen molar-refractivity contribution in [3.05, 3.63) is 83.0 Å². The molecule has 3 aromatic rings. The third-order valence-electron chi connectivity index (χ3n) is 4.53. The summed E-state index contributed by atoms with van der Waals surface area (Å²) >= 11 is 0.717. The van der Waals surface area contributed by atoms with E-state index < -0.39 is 29.6 Å². The van der Waals surface area contributed by atoms with Crippen molar-refractivity contribution in [2.75, 3.05) is 11.9 Å². The van der Waals surface area contributed by atoms with Crippen LogP contribution in [0.2, 0.25) is 0 Å². The first kappa shape index (κ1) is 21.1. The van der Waals surface area contributed by atoms with Gasteiger partial charge >= 0.3 is 5.97 Å². The second-order valence-corrected chi connectivity index (χ2v) is 7.76. The number of anilines is 1. The number of hydrogen-bond acceptors (Lipinski definition) is 6. The predicted octanol–water partition coefficient (Wildman–Crippen LogP) is 4.32. The molecule has 3 amide bonds. The van der Waals surface area contributed by atoms with Crippen LogP contribution < -0.4 is 5.32 Å². The van der Waals surface area contributed by atoms with Gasteiger partial charge in [-0.15, -0.1) is 0 Å². The van der Waals surface area contributed by atoms with Crippen molar-refractivity contribution in [2.24, 2.45) is 0 Å². The zero-order valence-corrected chi connectivity index (χ0v) is 17.3. The SMILES string of the molecule is O=C(CN1C(=O)S/C(=C\c2ccc(-c3cccc(C(=O)O)c3)o2)C1=O)Nc1ccccc1. The van der Waals surface area contributed by atoms with Crippen molar-refractivity contribution in [3.63, 3.8) is 0 Å². The topological polar surface area (TPSA) is 117 Å². The molecule has 1 fully saturated rings. The third kappa shape index (κ3) is 4.62. The van der Waals surface area contributed by atoms with Crippen LogP contribution in [-0.2, 0) is 9.59 Å². The van der Waals surface area contributed by atoms with E-state index >= 15 is 0 Å². The van der Waals surface area contributed by atoms with Crippen molar-refractivity contribution >= 4 is 46.5 Å². The molecule has 1 aromatic heterocycles. The molecule has 0 bridgehead atoms. The van der Waals surface area contributed by atoms with Crippen molar-refractivity contribution in [1.29, 1.82) is 0 Å². The number of rotatable bonds is 6. The maximum Gasteiger partial charge on any atom is 0.335 e. The third-order valence-corrected chi connectivity index (χ3v) is 5.43. The van der Waals surface area contributed by atoms with Gasteiger partial charge < -0.3 is 14.8 Å². The van der Waals surface area contributed by atoms with Crippen LogP contribution in [0.15, 0.2) is 76.1 Å². The Bertz CT molecular complexity index is 1250. The number of benzene rings is 2. The molecule has 160 valence electrons. The first-order valence-electron chi connectivity index (χ1n) is 9.44. The standard InChI is InChI=1S/C23H16N2O6S/c26-20(24-16-7-2-1-3-8-16)13-25-21(27)19(32-23(25)30)12-17-9-10-18(31-17)14-5-4-6-15(11-14)22(28)29/h1-12H,13H2,(H,24,26)(H,28,29)/b19-12-. The lowest BCUT2D eigenvalue weighted by Gasteiger charge is -2.12. The van der Waals surface area contributed by atoms with E-state index in [9.17, 15) is 19.2 Å². The van der Waals surface area contributed by atoms with E-state index in [0.717, 1.165) is 16.7 Å². The predicted molar refractivity (Wildman–Crippen MR) is 119 cm³/mol. The van der Waals surface area contributed by atoms with Gasteiger partial charge in [-0.05, 0) is 48.2 Å². The molecule has 32 heavy (non-hydrogen) atoms. The Balaban J connectivity index is 1.47. The summed E-state index contributed by atoms with van der Waals surface area (Å²) in [5.74, 6) is -1.39. The van der Waals surface area contributed by atoms with Gasteiger partial charge in [0, 0.05) is 17.3 Å². The second kappa shape index (κ2) is 8.94. The van der Waals surface area contributed by atoms with Crippen LogP contribution in [0.5, 0.6) is 0 Å². The molecule has 9 heteroatoms. The van der Waals surface area contributed by atoms with E-state index in [4.69, 9.17) is 9.52 Å². The molecule has 2 N–H and O–H groups in total. The largest absolute Gasteiger partial charge is 0.478 e. The number of carboxylic acids is 1. The summed E-state index contributed by atoms with van der Waals surface area (Å²) in [5, 5.41) is 11.2. The van der Waals surface area contributed by atoms with Crippen LogP contribution in [0, 0.1) is 0 Å². The van der Waals surface area contributed by atoms with Crippen LogP contribution in [-0.4, -0.2) is 39.6 Å². The molecule has 8 nitrogen and oxygen atoms in total. The average molecular weight is 448 g/mol. The van der Waals surface area contributed by atoms with Gasteiger partial charge in [-0.3, -0.25) is 19.3 Å². The molecule has 1 aliphatic rings. The van der Waals surface area contributed by atoms with Crippen LogP contribution in [0.4, 0.5) is 10.5 Å². The summed E-state index contributed by atoms with van der Waals surface area (Å²) < 4.78 is 5.70. The number of nitrogens with zero attached hydrogens (tertiary/aromatic N) is 1. The molecule has 0 radical (unpaired) electrons. The number of amides is 3. The quantitative estimate of drug-likeness (QED) is 0.539. The van der Waals surface area contributed by atoms with Gasteiger partial charge in [-0.1, -0.05) is 30.3 Å². The molecule has 1 saturated heterocycles. The Morgan fingerprint density at radius 2 is 1.81 bits per heavy atom. The Kier molecular flexibility index (Phi) is 5.91. The van der Waals surface area contributed by atoms with Crippen molar-refractivity contribution in [1.82, 2.24) is 4.90 Å². The molecular weight excluding hydrogens is 432 g/mol. The van der Waals surface area contributed by atoms with Crippen molar-refractivity contribution < 1.29 is 28.7 Å². The molecule has 0 saturated carbocycles. The van der Waals surface area contributed by atoms with E-state index in [0.29, 0.717) is 22.8 Å². The number of hydrogen-bond donors (Lipinski definition) is 2. The highest BCUT2D eigenvalue weighted by molar-refractivity contribution is 8.18. The highest BCUT2D eigenvalue weighted by Gasteiger charge is 2.36. The molecule has 2 aromatic carbocycles. The zero-order chi connectivity index (χ0) is 22.7. The van der Waals surface area contributed by atoms with Crippen LogP contribution in [0.1, 0.15) is 16.1 Å². The van der Waals surface area contributed by atoms with Crippen LogP contribution in [0.25, 0.3) is 17.4 Å². The smallest absolute Gasteiger partial charge is 0.335 e. The first-order valence-corrected chi connectivity index (χ1v) is 10.3. The number of carboxylic acid groups (broad SMARTS) is 1. The highest BCUT2D eigenvalue weighted by atomic mass is 32.2. The molecule has 2 heterocycles. The van der Waals surface area contributed by atoms with Crippen molar-refractivity contribution in [2.45, 2.75) is 0 Å². The summed E-state index contributed by atoms with van der Waals surface area (Å²) in [4.78, 5) is 49.3. The molecule has 1 aliphatic heterocycles. The number of aromatic carboxylic acids is 1. The molecule has 0 atom stereocenters. The van der Waals surface area contributed by atoms with Gasteiger partial charge in [-0.2, -0.15) is 0 Å². The number of imide groups is 1. The summed E-state index contributed by atoms with van der Waals surface area (Å²) in [6, 6.07) is 18.2. The normalized spacial score (nSPS) is 14.8. The number of thioether (sulfide) groups is 1. The van der Waals surface area contributed by atoms with Gasteiger partial charge in [0.15, 0.2) is 0 Å². The number of carbonyl (C=O) groups is 4. The molecule has 0 unspecified atom stereocenters. The summed E-state index contributed by atoms with van der Waals surface area (Å²) in [5.41, 5.74) is 1.25. The van der Waals surface area contributed by atoms with Crippen LogP contribution in [0.3, 0.4) is 0 Å². The Morgan fingerprint density at radius 1 is 1.03 bits per heavy atom. The average Bonchev–Trinajstić information content (AvgIpc) is 3.35. The fourth-order valence-corrected chi connectivity index (χ4v) is 3.84. The van der Waals surface area contributed by atoms with Crippen molar-refractivity contribution in [3.8, 4) is 11.3 Å². The fraction of sp³-hybridized carbons (Fsp3) is 0.0435. The minimum absolute atomic E-state index is 0.121. The van der Waals surface area contributed by atoms with E-state index in [1.54, 1.807) is 54.6 Å². The second-order valence-electron chi connectivity index (χ2n) is 6.77. The van der Waals surface area contributed by atoms with Gasteiger partial charge in [0.1, 0.15) is 18.1 Å². The molecular formula is C23H16N2O6S. The summed E-state index contributed by atoms with van der Waals surface area (Å²) in [7, 11) is 0. The monoisotopic (exact) mass is 448 g/mol. The molecule has 0 aliphatic carbocycles. The number of carbonyl (C=O) groups excluding carboxylic acids is 3. The summed E-state index contributed by atoms with van der Waals surface area (Å²) in [6.07, 6.45) is 1.42. The molecule has 0 spiro atoms. The maximum atomic E-state index is 12.6. The van der Waals surface area contributed by atoms with Gasteiger partial charge in [0.25, 0.3) is 11.1 Å². The van der Waals surface area contributed by atoms with Gasteiger partial charge in [0.2, 0.25) is 5.91 Å². The number of nitrogens with one attached hydrogen (secondary N) is 1. The lowest BCUT2D eigenvalue weighted by molar-refractivity contribution is -0.127. The first-order chi connectivity index (χ1) is 15.4. The summed E-state index contributed by atoms with van der Waals surface area (Å²) in [6.45, 7) is -0.401. The lowest BCUT2D eigenvalue weighted by atomic mass is 10.1. The Morgan fingerprint density at radius 3 is 2.56 bits per heavy atom. The zero-order valence-electron chi connectivity index (χ0n) is 16.5. The highest BCUT2D eigenvalue weighted by Crippen LogP contribution is 2.33. The Hall–Kier alpha value is -4.11. The van der Waals surface area contributed by atoms with E-state index in [-0.39, 0.29) is 10.5 Å².